The quantitative estimate of drug-likeness (QED) is 0.229. The molecule has 0 unspecified atom stereocenters. The minimum atomic E-state index is -0.456. The third-order valence-electron chi connectivity index (χ3n) is 6.19. The molecule has 0 radical (unpaired) electrons. The van der Waals surface area contributed by atoms with E-state index in [9.17, 15) is 9.59 Å². The molecule has 2 N–H and O–H groups in total. The summed E-state index contributed by atoms with van der Waals surface area (Å²) in [6.45, 7) is 15.4. The SMILES string of the molecule is C=CN[C@H]1CCCc2csc(n2)C[C@@H](/C=C(C)/C=C/C(C)=C/CNCC)OC(=O)/C=C\C=C(/C)C[C@H](C)OC1=O. The molecule has 1 aliphatic rings. The summed E-state index contributed by atoms with van der Waals surface area (Å²) in [5.74, 6) is -0.713. The predicted octanol–water partition coefficient (Wildman–Crippen LogP) is 5.92. The summed E-state index contributed by atoms with van der Waals surface area (Å²) in [4.78, 5) is 30.2. The van der Waals surface area contributed by atoms with Crippen LogP contribution in [0.15, 0.2) is 77.4 Å². The third kappa shape index (κ3) is 13.2. The van der Waals surface area contributed by atoms with E-state index in [1.165, 1.54) is 12.3 Å². The van der Waals surface area contributed by atoms with Crippen LogP contribution in [0.4, 0.5) is 0 Å². The lowest BCUT2D eigenvalue weighted by atomic mass is 10.1. The van der Waals surface area contributed by atoms with E-state index in [0.717, 1.165) is 53.4 Å². The average molecular weight is 568 g/mol. The number of nitrogens with zero attached hydrogens (tertiary/aromatic N) is 1. The fraction of sp³-hybridized carbons (Fsp3) is 0.469. The highest BCUT2D eigenvalue weighted by atomic mass is 32.1. The zero-order valence-corrected chi connectivity index (χ0v) is 25.4. The molecule has 2 rings (SSSR count). The molecule has 7 nitrogen and oxygen atoms in total. The standard InChI is InChI=1S/C32H45N3O4S/c1-7-33-18-17-23(3)15-16-25(5)20-28-21-30-35-27(22-40-30)12-10-13-29(34-8-2)32(37)38-26(6)19-24(4)11-9-14-31(36)39-28/h8-9,11,14-17,20,22,26,28-29,33-34H,2,7,10,12-13,18-19,21H2,1,3-6H3/b14-9-,16-15+,23-17+,24-11+,25-20+/t26-,28+,29-/m0/s1. The Morgan fingerprint density at radius 2 is 1.98 bits per heavy atom. The molecule has 0 saturated carbocycles. The van der Waals surface area contributed by atoms with Gasteiger partial charge in [0.05, 0.1) is 10.7 Å². The first kappa shape index (κ1) is 33.0. The van der Waals surface area contributed by atoms with Gasteiger partial charge in [-0.15, -0.1) is 11.3 Å². The summed E-state index contributed by atoms with van der Waals surface area (Å²) >= 11 is 1.56. The summed E-state index contributed by atoms with van der Waals surface area (Å²) in [5.41, 5.74) is 4.11. The smallest absolute Gasteiger partial charge is 0.331 e. The van der Waals surface area contributed by atoms with Crippen molar-refractivity contribution in [3.05, 3.63) is 88.1 Å². The van der Waals surface area contributed by atoms with Crippen molar-refractivity contribution in [2.24, 2.45) is 0 Å². The summed E-state index contributed by atoms with van der Waals surface area (Å²) in [7, 11) is 0. The lowest BCUT2D eigenvalue weighted by molar-refractivity contribution is -0.150. The number of fused-ring (bicyclic) bond motifs is 2. The van der Waals surface area contributed by atoms with Crippen molar-refractivity contribution in [1.82, 2.24) is 15.6 Å². The predicted molar refractivity (Wildman–Crippen MR) is 164 cm³/mol. The lowest BCUT2D eigenvalue weighted by Gasteiger charge is -2.20. The van der Waals surface area contributed by atoms with Crippen molar-refractivity contribution in [3.63, 3.8) is 0 Å². The Bertz CT molecular complexity index is 1130. The normalized spacial score (nSPS) is 24.6. The molecule has 0 aromatic carbocycles. The highest BCUT2D eigenvalue weighted by molar-refractivity contribution is 7.09. The number of esters is 2. The maximum Gasteiger partial charge on any atom is 0.331 e. The summed E-state index contributed by atoms with van der Waals surface area (Å²) < 4.78 is 11.5. The van der Waals surface area contributed by atoms with Crippen LogP contribution < -0.4 is 10.6 Å². The summed E-state index contributed by atoms with van der Waals surface area (Å²) in [6.07, 6.45) is 17.1. The summed E-state index contributed by atoms with van der Waals surface area (Å²) in [6, 6.07) is -0.456. The van der Waals surface area contributed by atoms with Crippen molar-refractivity contribution in [1.29, 1.82) is 0 Å². The van der Waals surface area contributed by atoms with Crippen LogP contribution in [0.3, 0.4) is 0 Å². The number of hydrogen-bond acceptors (Lipinski definition) is 8. The van der Waals surface area contributed by atoms with Gasteiger partial charge in [0.2, 0.25) is 0 Å². The first-order valence-electron chi connectivity index (χ1n) is 14.0. The van der Waals surface area contributed by atoms with Gasteiger partial charge >= 0.3 is 11.9 Å². The number of thiazole rings is 1. The van der Waals surface area contributed by atoms with Crippen molar-refractivity contribution in [2.45, 2.75) is 85.0 Å². The van der Waals surface area contributed by atoms with Gasteiger partial charge in [-0.2, -0.15) is 0 Å². The minimum Gasteiger partial charge on any atom is -0.461 e. The number of likely N-dealkylation sites (N-methyl/N-ethyl adjacent to an activating group) is 1. The molecular weight excluding hydrogens is 522 g/mol. The van der Waals surface area contributed by atoms with Gasteiger partial charge in [0.15, 0.2) is 0 Å². The molecule has 0 aliphatic carbocycles. The van der Waals surface area contributed by atoms with Gasteiger partial charge in [0.25, 0.3) is 0 Å². The third-order valence-corrected chi connectivity index (χ3v) is 7.11. The van der Waals surface area contributed by atoms with Crippen molar-refractivity contribution >= 4 is 23.3 Å². The first-order valence-corrected chi connectivity index (χ1v) is 14.9. The molecule has 2 heterocycles. The van der Waals surface area contributed by atoms with Crippen LogP contribution in [-0.4, -0.2) is 48.3 Å². The zero-order valence-electron chi connectivity index (χ0n) is 24.6. The van der Waals surface area contributed by atoms with Crippen LogP contribution >= 0.6 is 11.3 Å². The van der Waals surface area contributed by atoms with Gasteiger partial charge in [-0.05, 0) is 65.8 Å². The van der Waals surface area contributed by atoms with E-state index >= 15 is 0 Å². The molecule has 8 heteroatoms. The fourth-order valence-corrected chi connectivity index (χ4v) is 5.02. The zero-order chi connectivity index (χ0) is 29.3. The molecule has 2 bridgehead atoms. The molecule has 218 valence electrons. The van der Waals surface area contributed by atoms with E-state index in [0.29, 0.717) is 19.3 Å². The Morgan fingerprint density at radius 1 is 1.20 bits per heavy atom. The Balaban J connectivity index is 2.26. The van der Waals surface area contributed by atoms with E-state index in [1.54, 1.807) is 17.4 Å². The van der Waals surface area contributed by atoms with Gasteiger partial charge in [-0.1, -0.05) is 60.6 Å². The van der Waals surface area contributed by atoms with Gasteiger partial charge < -0.3 is 20.1 Å². The van der Waals surface area contributed by atoms with Gasteiger partial charge in [0.1, 0.15) is 18.2 Å². The van der Waals surface area contributed by atoms with E-state index in [4.69, 9.17) is 14.5 Å². The number of nitrogens with one attached hydrogen (secondary N) is 2. The number of rotatable bonds is 8. The molecule has 0 fully saturated rings. The van der Waals surface area contributed by atoms with E-state index in [-0.39, 0.29) is 12.1 Å². The van der Waals surface area contributed by atoms with Crippen LogP contribution in [0.1, 0.15) is 64.6 Å². The van der Waals surface area contributed by atoms with E-state index in [1.807, 2.05) is 44.4 Å². The van der Waals surface area contributed by atoms with Crippen LogP contribution in [-0.2, 0) is 31.9 Å². The van der Waals surface area contributed by atoms with Crippen LogP contribution in [0.25, 0.3) is 0 Å². The van der Waals surface area contributed by atoms with Crippen LogP contribution in [0, 0.1) is 0 Å². The van der Waals surface area contributed by atoms with Crippen molar-refractivity contribution in [3.8, 4) is 0 Å². The van der Waals surface area contributed by atoms with E-state index in [2.05, 4.69) is 43.2 Å². The van der Waals surface area contributed by atoms with Gasteiger partial charge in [-0.3, -0.25) is 0 Å². The molecule has 0 amide bonds. The average Bonchev–Trinajstić information content (AvgIpc) is 3.33. The maximum absolute atomic E-state index is 12.7. The second-order valence-corrected chi connectivity index (χ2v) is 11.0. The van der Waals surface area contributed by atoms with Gasteiger partial charge in [0, 0.05) is 30.8 Å². The number of ether oxygens (including phenoxy) is 2. The van der Waals surface area contributed by atoms with E-state index < -0.39 is 18.1 Å². The highest BCUT2D eigenvalue weighted by Gasteiger charge is 2.21. The Hall–Kier alpha value is -3.23. The van der Waals surface area contributed by atoms with Crippen LogP contribution in [0.2, 0.25) is 0 Å². The van der Waals surface area contributed by atoms with Crippen molar-refractivity contribution < 1.29 is 19.1 Å². The first-order chi connectivity index (χ1) is 19.2. The molecular formula is C32H45N3O4S. The molecule has 1 aliphatic heterocycles. The number of carbonyl (C=O) groups is 2. The maximum atomic E-state index is 12.7. The molecule has 0 saturated heterocycles. The fourth-order valence-electron chi connectivity index (χ4n) is 4.14. The van der Waals surface area contributed by atoms with Crippen molar-refractivity contribution in [2.75, 3.05) is 13.1 Å². The molecule has 3 atom stereocenters. The second-order valence-electron chi connectivity index (χ2n) is 10.1. The minimum absolute atomic E-state index is 0.293. The lowest BCUT2D eigenvalue weighted by Crippen LogP contribution is -2.36. The molecule has 1 aromatic heterocycles. The Labute approximate surface area is 243 Å². The molecule has 40 heavy (non-hydrogen) atoms. The second kappa shape index (κ2) is 18.2. The largest absolute Gasteiger partial charge is 0.461 e. The number of allylic oxidation sites excluding steroid dienone is 6. The van der Waals surface area contributed by atoms with Crippen LogP contribution in [0.5, 0.6) is 0 Å². The molecule has 0 spiro atoms. The molecule has 1 aromatic rings. The summed E-state index contributed by atoms with van der Waals surface area (Å²) in [5, 5.41) is 9.24. The number of aryl methyl sites for hydroxylation is 1. The number of hydrogen-bond donors (Lipinski definition) is 2. The monoisotopic (exact) mass is 567 g/mol. The Kier molecular flexibility index (Phi) is 15.0. The Morgan fingerprint density at radius 3 is 2.73 bits per heavy atom. The highest BCUT2D eigenvalue weighted by Crippen LogP contribution is 2.18. The number of aromatic nitrogens is 1. The topological polar surface area (TPSA) is 89.6 Å². The number of cyclic esters (lactones) is 2. The number of carbonyl (C=O) groups excluding carboxylic acids is 2. The van der Waals surface area contributed by atoms with Gasteiger partial charge in [-0.25, -0.2) is 14.6 Å².